The summed E-state index contributed by atoms with van der Waals surface area (Å²) >= 11 is 1.55. The lowest BCUT2D eigenvalue weighted by atomic mass is 10.2. The molecule has 0 saturated carbocycles. The Balaban J connectivity index is 1.34. The number of carbonyl (C=O) groups is 1. The number of amides is 1. The number of carbonyl (C=O) groups excluding carboxylic acids is 1. The molecule has 0 unspecified atom stereocenters. The van der Waals surface area contributed by atoms with Crippen molar-refractivity contribution < 1.29 is 22.7 Å². The molecule has 3 aromatic carbocycles. The second-order valence-electron chi connectivity index (χ2n) is 7.36. The monoisotopic (exact) mass is 481 g/mol. The number of rotatable bonds is 5. The topological polar surface area (TPSA) is 107 Å². The van der Waals surface area contributed by atoms with Crippen LogP contribution in [0.1, 0.15) is 15.4 Å². The predicted octanol–water partition coefficient (Wildman–Crippen LogP) is 4.43. The highest BCUT2D eigenvalue weighted by Gasteiger charge is 2.20. The summed E-state index contributed by atoms with van der Waals surface area (Å²) in [5.74, 6) is 0.534. The Bertz CT molecular complexity index is 1480. The maximum absolute atomic E-state index is 12.9. The molecule has 0 atom stereocenters. The Labute approximate surface area is 194 Å². The van der Waals surface area contributed by atoms with Crippen LogP contribution in [0.4, 0.5) is 11.4 Å². The average Bonchev–Trinajstić information content (AvgIpc) is 3.18. The molecule has 10 heteroatoms. The molecule has 2 heterocycles. The Morgan fingerprint density at radius 1 is 0.970 bits per heavy atom. The van der Waals surface area contributed by atoms with Crippen molar-refractivity contribution >= 4 is 48.9 Å². The fourth-order valence-corrected chi connectivity index (χ4v) is 5.38. The normalized spacial score (nSPS) is 13.0. The molecule has 0 fully saturated rings. The van der Waals surface area contributed by atoms with Gasteiger partial charge in [-0.2, -0.15) is 0 Å². The maximum Gasteiger partial charge on any atom is 0.262 e. The van der Waals surface area contributed by atoms with Gasteiger partial charge < -0.3 is 14.8 Å². The predicted molar refractivity (Wildman–Crippen MR) is 127 cm³/mol. The van der Waals surface area contributed by atoms with E-state index in [0.717, 1.165) is 15.2 Å². The van der Waals surface area contributed by atoms with Crippen LogP contribution < -0.4 is 19.5 Å². The van der Waals surface area contributed by atoms with E-state index in [9.17, 15) is 13.2 Å². The molecule has 0 aliphatic carbocycles. The minimum atomic E-state index is -3.89. The number of anilines is 2. The number of sulfonamides is 1. The average molecular weight is 482 g/mol. The van der Waals surface area contributed by atoms with Gasteiger partial charge in [0.25, 0.3) is 15.9 Å². The lowest BCUT2D eigenvalue weighted by molar-refractivity contribution is 0.102. The van der Waals surface area contributed by atoms with Gasteiger partial charge in [-0.15, -0.1) is 11.3 Å². The van der Waals surface area contributed by atoms with Crippen LogP contribution in [0, 0.1) is 6.92 Å². The molecule has 2 N–H and O–H groups in total. The molecule has 168 valence electrons. The summed E-state index contributed by atoms with van der Waals surface area (Å²) in [6.45, 7) is 2.71. The van der Waals surface area contributed by atoms with Crippen molar-refractivity contribution in [3.8, 4) is 11.5 Å². The zero-order valence-corrected chi connectivity index (χ0v) is 19.1. The first-order valence-electron chi connectivity index (χ1n) is 10.1. The van der Waals surface area contributed by atoms with E-state index < -0.39 is 10.0 Å². The lowest BCUT2D eigenvalue weighted by Gasteiger charge is -2.19. The molecule has 8 nitrogen and oxygen atoms in total. The molecule has 0 bridgehead atoms. The first-order chi connectivity index (χ1) is 15.9. The van der Waals surface area contributed by atoms with Crippen molar-refractivity contribution in [1.29, 1.82) is 0 Å². The molecule has 0 radical (unpaired) electrons. The standard InChI is InChI=1S/C23H19N3O5S2/c1-14-24-19-7-5-16(12-22(19)32-14)25-23(27)15-3-2-4-17(11-15)26-33(28,29)18-6-8-20-21(13-18)31-10-9-30-20/h2-8,11-13,26H,9-10H2,1H3,(H,25,27). The molecule has 1 aliphatic rings. The van der Waals surface area contributed by atoms with Gasteiger partial charge in [-0.1, -0.05) is 6.07 Å². The van der Waals surface area contributed by atoms with Crippen LogP contribution in [0.25, 0.3) is 10.2 Å². The maximum atomic E-state index is 12.9. The van der Waals surface area contributed by atoms with E-state index in [1.54, 1.807) is 41.7 Å². The fraction of sp³-hybridized carbons (Fsp3) is 0.130. The van der Waals surface area contributed by atoms with Crippen molar-refractivity contribution in [3.63, 3.8) is 0 Å². The molecule has 1 amide bonds. The number of benzene rings is 3. The van der Waals surface area contributed by atoms with Crippen LogP contribution in [-0.4, -0.2) is 32.5 Å². The van der Waals surface area contributed by atoms with E-state index >= 15 is 0 Å². The summed E-state index contributed by atoms with van der Waals surface area (Å²) in [5, 5.41) is 3.80. The molecular weight excluding hydrogens is 462 g/mol. The van der Waals surface area contributed by atoms with E-state index in [2.05, 4.69) is 15.0 Å². The smallest absolute Gasteiger partial charge is 0.262 e. The number of aryl methyl sites for hydroxylation is 1. The highest BCUT2D eigenvalue weighted by molar-refractivity contribution is 7.92. The number of aromatic nitrogens is 1. The van der Waals surface area contributed by atoms with Gasteiger partial charge in [0.1, 0.15) is 13.2 Å². The third kappa shape index (κ3) is 4.48. The second kappa shape index (κ2) is 8.38. The summed E-state index contributed by atoms with van der Waals surface area (Å²) in [6.07, 6.45) is 0. The van der Waals surface area contributed by atoms with Gasteiger partial charge in [0, 0.05) is 23.0 Å². The highest BCUT2D eigenvalue weighted by atomic mass is 32.2. The molecule has 0 saturated heterocycles. The number of hydrogen-bond donors (Lipinski definition) is 2. The Morgan fingerprint density at radius 2 is 1.79 bits per heavy atom. The number of nitrogens with one attached hydrogen (secondary N) is 2. The number of nitrogens with zero attached hydrogens (tertiary/aromatic N) is 1. The number of thiazole rings is 1. The SMILES string of the molecule is Cc1nc2ccc(NC(=O)c3cccc(NS(=O)(=O)c4ccc5c(c4)OCCO5)c3)cc2s1. The molecule has 4 aromatic rings. The fourth-order valence-electron chi connectivity index (χ4n) is 3.45. The Kier molecular flexibility index (Phi) is 5.39. The van der Waals surface area contributed by atoms with Crippen molar-refractivity contribution in [2.45, 2.75) is 11.8 Å². The van der Waals surface area contributed by atoms with Crippen LogP contribution in [0.5, 0.6) is 11.5 Å². The minimum Gasteiger partial charge on any atom is -0.486 e. The number of fused-ring (bicyclic) bond motifs is 2. The van der Waals surface area contributed by atoms with Gasteiger partial charge in [0.15, 0.2) is 11.5 Å². The largest absolute Gasteiger partial charge is 0.486 e. The third-order valence-electron chi connectivity index (χ3n) is 4.95. The van der Waals surface area contributed by atoms with E-state index in [4.69, 9.17) is 9.47 Å². The number of hydrogen-bond acceptors (Lipinski definition) is 7. The van der Waals surface area contributed by atoms with Crippen LogP contribution in [0.3, 0.4) is 0 Å². The molecular formula is C23H19N3O5S2. The number of ether oxygens (including phenoxy) is 2. The molecule has 1 aromatic heterocycles. The first kappa shape index (κ1) is 21.2. The van der Waals surface area contributed by atoms with Crippen molar-refractivity contribution in [1.82, 2.24) is 4.98 Å². The zero-order valence-electron chi connectivity index (χ0n) is 17.5. The van der Waals surface area contributed by atoms with E-state index in [1.807, 2.05) is 19.1 Å². The van der Waals surface area contributed by atoms with Gasteiger partial charge in [0.05, 0.1) is 20.1 Å². The van der Waals surface area contributed by atoms with Crippen molar-refractivity contribution in [2.24, 2.45) is 0 Å². The van der Waals surface area contributed by atoms with Crippen molar-refractivity contribution in [2.75, 3.05) is 23.3 Å². The summed E-state index contributed by atoms with van der Waals surface area (Å²) in [5.41, 5.74) is 2.11. The molecule has 0 spiro atoms. The molecule has 5 rings (SSSR count). The van der Waals surface area contributed by atoms with Crippen LogP contribution in [0.15, 0.2) is 65.6 Å². The lowest BCUT2D eigenvalue weighted by Crippen LogP contribution is -2.17. The highest BCUT2D eigenvalue weighted by Crippen LogP contribution is 2.33. The summed E-state index contributed by atoms with van der Waals surface area (Å²) in [6, 6.07) is 16.2. The Morgan fingerprint density at radius 3 is 2.64 bits per heavy atom. The van der Waals surface area contributed by atoms with E-state index in [1.165, 1.54) is 18.2 Å². The third-order valence-corrected chi connectivity index (χ3v) is 7.27. The van der Waals surface area contributed by atoms with Crippen LogP contribution >= 0.6 is 11.3 Å². The van der Waals surface area contributed by atoms with E-state index in [0.29, 0.717) is 36.0 Å². The van der Waals surface area contributed by atoms with Gasteiger partial charge in [-0.05, 0) is 55.5 Å². The van der Waals surface area contributed by atoms with Crippen molar-refractivity contribution in [3.05, 3.63) is 71.2 Å². The van der Waals surface area contributed by atoms with Gasteiger partial charge in [-0.3, -0.25) is 9.52 Å². The molecule has 1 aliphatic heterocycles. The quantitative estimate of drug-likeness (QED) is 0.437. The summed E-state index contributed by atoms with van der Waals surface area (Å²) in [4.78, 5) is 17.2. The Hall–Kier alpha value is -3.63. The summed E-state index contributed by atoms with van der Waals surface area (Å²) < 4.78 is 40.2. The first-order valence-corrected chi connectivity index (χ1v) is 12.4. The summed E-state index contributed by atoms with van der Waals surface area (Å²) in [7, 11) is -3.89. The minimum absolute atomic E-state index is 0.0368. The second-order valence-corrected chi connectivity index (χ2v) is 10.3. The van der Waals surface area contributed by atoms with Crippen LogP contribution in [-0.2, 0) is 10.0 Å². The molecule has 33 heavy (non-hydrogen) atoms. The van der Waals surface area contributed by atoms with E-state index in [-0.39, 0.29) is 16.5 Å². The van der Waals surface area contributed by atoms with Gasteiger partial charge >= 0.3 is 0 Å². The van der Waals surface area contributed by atoms with Gasteiger partial charge in [-0.25, -0.2) is 13.4 Å². The zero-order chi connectivity index (χ0) is 23.0. The van der Waals surface area contributed by atoms with Crippen LogP contribution in [0.2, 0.25) is 0 Å². The van der Waals surface area contributed by atoms with Gasteiger partial charge in [0.2, 0.25) is 0 Å².